The zero-order chi connectivity index (χ0) is 19.2. The SMILES string of the molecule is O=C1CN(c2c(O)cc3ccc(OC[C@H]4CCNC4)cc3c2F)S(=O)(=O)N1. The first-order chi connectivity index (χ1) is 12.8. The van der Waals surface area contributed by atoms with E-state index in [1.54, 1.807) is 16.9 Å². The summed E-state index contributed by atoms with van der Waals surface area (Å²) in [7, 11) is -4.24. The smallest absolute Gasteiger partial charge is 0.326 e. The molecule has 0 radical (unpaired) electrons. The lowest BCUT2D eigenvalue weighted by molar-refractivity contribution is -0.117. The van der Waals surface area contributed by atoms with E-state index in [4.69, 9.17) is 4.74 Å². The second kappa shape index (κ2) is 6.54. The standard InChI is InChI=1S/C17H18FN3O5S/c18-16-13-6-12(26-9-10-3-4-19-7-10)2-1-11(13)5-14(22)17(16)21-8-15(23)20-27(21,24)25/h1-2,5-6,10,19,22H,3-4,7-9H2,(H,20,23)/t10-/m0/s1. The number of fused-ring (bicyclic) bond motifs is 1. The molecule has 2 fully saturated rings. The number of hydrogen-bond acceptors (Lipinski definition) is 6. The van der Waals surface area contributed by atoms with Crippen LogP contribution in [0.25, 0.3) is 10.8 Å². The summed E-state index contributed by atoms with van der Waals surface area (Å²) >= 11 is 0. The zero-order valence-electron chi connectivity index (χ0n) is 14.2. The molecule has 2 saturated heterocycles. The minimum Gasteiger partial charge on any atom is -0.506 e. The van der Waals surface area contributed by atoms with Gasteiger partial charge in [0.1, 0.15) is 23.7 Å². The van der Waals surface area contributed by atoms with Gasteiger partial charge in [0.15, 0.2) is 5.82 Å². The Morgan fingerprint density at radius 3 is 2.81 bits per heavy atom. The molecule has 2 heterocycles. The fraction of sp³-hybridized carbons (Fsp3) is 0.353. The Morgan fingerprint density at radius 1 is 1.33 bits per heavy atom. The molecule has 27 heavy (non-hydrogen) atoms. The number of rotatable bonds is 4. The van der Waals surface area contributed by atoms with E-state index in [0.717, 1.165) is 19.5 Å². The highest BCUT2D eigenvalue weighted by Crippen LogP contribution is 2.39. The summed E-state index contributed by atoms with van der Waals surface area (Å²) in [5.41, 5.74) is -0.557. The number of hydrogen-bond donors (Lipinski definition) is 3. The van der Waals surface area contributed by atoms with Crippen molar-refractivity contribution in [3.05, 3.63) is 30.1 Å². The summed E-state index contributed by atoms with van der Waals surface area (Å²) in [5, 5.41) is 13.9. The largest absolute Gasteiger partial charge is 0.506 e. The van der Waals surface area contributed by atoms with Crippen molar-refractivity contribution in [1.29, 1.82) is 0 Å². The van der Waals surface area contributed by atoms with Crippen LogP contribution in [-0.2, 0) is 15.0 Å². The fourth-order valence-corrected chi connectivity index (χ4v) is 4.51. The molecule has 2 aliphatic heterocycles. The highest BCUT2D eigenvalue weighted by atomic mass is 32.2. The van der Waals surface area contributed by atoms with Gasteiger partial charge in [-0.25, -0.2) is 13.4 Å². The molecule has 2 aromatic carbocycles. The Balaban J connectivity index is 1.71. The van der Waals surface area contributed by atoms with Crippen molar-refractivity contribution in [3.63, 3.8) is 0 Å². The topological polar surface area (TPSA) is 108 Å². The second-order valence-electron chi connectivity index (χ2n) is 6.65. The third-order valence-corrected chi connectivity index (χ3v) is 6.10. The van der Waals surface area contributed by atoms with Gasteiger partial charge in [0.05, 0.1) is 6.61 Å². The number of phenols is 1. The highest BCUT2D eigenvalue weighted by molar-refractivity contribution is 7.92. The van der Waals surface area contributed by atoms with Crippen LogP contribution in [0.5, 0.6) is 11.5 Å². The monoisotopic (exact) mass is 395 g/mol. The highest BCUT2D eigenvalue weighted by Gasteiger charge is 2.37. The minimum absolute atomic E-state index is 0.0967. The average molecular weight is 395 g/mol. The molecular formula is C17H18FN3O5S. The van der Waals surface area contributed by atoms with E-state index >= 15 is 4.39 Å². The summed E-state index contributed by atoms with van der Waals surface area (Å²) in [4.78, 5) is 11.4. The summed E-state index contributed by atoms with van der Waals surface area (Å²) in [6, 6.07) is 5.98. The van der Waals surface area contributed by atoms with Gasteiger partial charge in [-0.05, 0) is 36.6 Å². The summed E-state index contributed by atoms with van der Waals surface area (Å²) < 4.78 is 47.2. The van der Waals surface area contributed by atoms with E-state index in [1.165, 1.54) is 12.1 Å². The first kappa shape index (κ1) is 17.8. The summed E-state index contributed by atoms with van der Waals surface area (Å²) in [5.74, 6) is -1.46. The summed E-state index contributed by atoms with van der Waals surface area (Å²) in [6.07, 6.45) is 1.01. The third kappa shape index (κ3) is 3.26. The number of carbonyl (C=O) groups excluding carboxylic acids is 1. The van der Waals surface area contributed by atoms with Gasteiger partial charge in [0.2, 0.25) is 0 Å². The minimum atomic E-state index is -4.24. The number of amides is 1. The fourth-order valence-electron chi connectivity index (χ4n) is 3.35. The molecule has 4 rings (SSSR count). The van der Waals surface area contributed by atoms with Gasteiger partial charge in [-0.1, -0.05) is 6.07 Å². The molecule has 144 valence electrons. The Bertz CT molecular complexity index is 1020. The molecule has 1 amide bonds. The molecule has 0 unspecified atom stereocenters. The first-order valence-corrected chi connectivity index (χ1v) is 9.91. The van der Waals surface area contributed by atoms with Gasteiger partial charge in [0, 0.05) is 17.8 Å². The number of halogens is 1. The van der Waals surface area contributed by atoms with Crippen molar-refractivity contribution >= 4 is 32.6 Å². The lowest BCUT2D eigenvalue weighted by Crippen LogP contribution is -2.30. The van der Waals surface area contributed by atoms with E-state index < -0.39 is 39.9 Å². The molecule has 0 spiro atoms. The van der Waals surface area contributed by atoms with Crippen molar-refractivity contribution in [2.75, 3.05) is 30.5 Å². The maximum atomic E-state index is 15.1. The van der Waals surface area contributed by atoms with Gasteiger partial charge in [-0.15, -0.1) is 0 Å². The molecule has 3 N–H and O–H groups in total. The van der Waals surface area contributed by atoms with Crippen molar-refractivity contribution in [2.24, 2.45) is 5.92 Å². The van der Waals surface area contributed by atoms with E-state index in [2.05, 4.69) is 5.32 Å². The Hall–Kier alpha value is -2.59. The van der Waals surface area contributed by atoms with Crippen molar-refractivity contribution in [3.8, 4) is 11.5 Å². The maximum Gasteiger partial charge on any atom is 0.326 e. The number of carbonyl (C=O) groups is 1. The van der Waals surface area contributed by atoms with E-state index in [9.17, 15) is 18.3 Å². The maximum absolute atomic E-state index is 15.1. The van der Waals surface area contributed by atoms with Gasteiger partial charge in [-0.2, -0.15) is 8.42 Å². The van der Waals surface area contributed by atoms with Gasteiger partial charge in [0.25, 0.3) is 5.91 Å². The predicted octanol–water partition coefficient (Wildman–Crippen LogP) is 0.854. The summed E-state index contributed by atoms with van der Waals surface area (Å²) in [6.45, 7) is 1.71. The van der Waals surface area contributed by atoms with Crippen LogP contribution in [0.15, 0.2) is 24.3 Å². The van der Waals surface area contributed by atoms with Crippen molar-refractivity contribution in [2.45, 2.75) is 6.42 Å². The number of ether oxygens (including phenoxy) is 1. The van der Waals surface area contributed by atoms with Crippen molar-refractivity contribution in [1.82, 2.24) is 10.0 Å². The van der Waals surface area contributed by atoms with Crippen LogP contribution >= 0.6 is 0 Å². The molecule has 1 atom stereocenters. The average Bonchev–Trinajstić information content (AvgIpc) is 3.21. The van der Waals surface area contributed by atoms with Crippen LogP contribution in [0, 0.1) is 11.7 Å². The molecule has 0 aliphatic carbocycles. The quantitative estimate of drug-likeness (QED) is 0.709. The van der Waals surface area contributed by atoms with Crippen LogP contribution in [-0.4, -0.2) is 45.7 Å². The molecule has 10 heteroatoms. The normalized spacial score (nSPS) is 21.6. The number of phenolic OH excluding ortho intramolecular Hbond substituents is 1. The van der Waals surface area contributed by atoms with E-state index in [1.807, 2.05) is 0 Å². The Morgan fingerprint density at radius 2 is 2.15 bits per heavy atom. The van der Waals surface area contributed by atoms with E-state index in [-0.39, 0.29) is 5.39 Å². The van der Waals surface area contributed by atoms with Crippen LogP contribution < -0.4 is 19.1 Å². The number of aromatic hydroxyl groups is 1. The number of benzene rings is 2. The third-order valence-electron chi connectivity index (χ3n) is 4.72. The molecular weight excluding hydrogens is 377 g/mol. The van der Waals surface area contributed by atoms with Crippen LogP contribution in [0.1, 0.15) is 6.42 Å². The molecule has 0 saturated carbocycles. The van der Waals surface area contributed by atoms with Gasteiger partial charge in [-0.3, -0.25) is 4.79 Å². The molecule has 2 aromatic rings. The number of nitrogens with one attached hydrogen (secondary N) is 2. The lowest BCUT2D eigenvalue weighted by atomic mass is 10.1. The van der Waals surface area contributed by atoms with Crippen molar-refractivity contribution < 1.29 is 27.4 Å². The van der Waals surface area contributed by atoms with Gasteiger partial charge >= 0.3 is 10.2 Å². The first-order valence-electron chi connectivity index (χ1n) is 8.47. The van der Waals surface area contributed by atoms with Crippen LogP contribution in [0.3, 0.4) is 0 Å². The molecule has 0 aromatic heterocycles. The molecule has 8 nitrogen and oxygen atoms in total. The van der Waals surface area contributed by atoms with Crippen LogP contribution in [0.4, 0.5) is 10.1 Å². The molecule has 0 bridgehead atoms. The zero-order valence-corrected chi connectivity index (χ0v) is 15.1. The Labute approximate surface area is 155 Å². The number of anilines is 1. The van der Waals surface area contributed by atoms with Crippen LogP contribution in [0.2, 0.25) is 0 Å². The lowest BCUT2D eigenvalue weighted by Gasteiger charge is -2.18. The Kier molecular flexibility index (Phi) is 4.31. The number of nitrogens with zero attached hydrogens (tertiary/aromatic N) is 1. The molecule has 2 aliphatic rings. The second-order valence-corrected chi connectivity index (χ2v) is 8.24. The predicted molar refractivity (Wildman–Crippen MR) is 96.5 cm³/mol. The van der Waals surface area contributed by atoms with Gasteiger partial charge < -0.3 is 15.2 Å². The van der Waals surface area contributed by atoms with E-state index in [0.29, 0.717) is 28.0 Å².